The molecule has 2 atom stereocenters. The average molecular weight is 1660 g/mol. The van der Waals surface area contributed by atoms with Crippen molar-refractivity contribution in [3.8, 4) is 0 Å². The number of likely N-dealkylation sites (N-methyl/N-ethyl adjacent to an activating group) is 9. The molecule has 0 radical (unpaired) electrons. The summed E-state index contributed by atoms with van der Waals surface area (Å²) < 4.78 is 5.49. The Balaban J connectivity index is -0.0000000227. The fourth-order valence-corrected chi connectivity index (χ4v) is 6.93. The van der Waals surface area contributed by atoms with Crippen LogP contribution in [-0.4, -0.2) is 451 Å². The second-order valence-electron chi connectivity index (χ2n) is 21.6. The lowest BCUT2D eigenvalue weighted by Gasteiger charge is -2.33. The van der Waals surface area contributed by atoms with Crippen LogP contribution in [-0.2, 0) is 11.3 Å². The Kier molecular flexibility index (Phi) is 313. The van der Waals surface area contributed by atoms with Gasteiger partial charge in [0.25, 0.3) is 0 Å². The van der Waals surface area contributed by atoms with Crippen LogP contribution in [0.15, 0.2) is 56.6 Å². The van der Waals surface area contributed by atoms with E-state index in [0.717, 1.165) is 134 Å². The van der Waals surface area contributed by atoms with Crippen molar-refractivity contribution in [2.45, 2.75) is 210 Å². The lowest BCUT2D eigenvalue weighted by Crippen LogP contribution is -2.47. The molecule has 2 rings (SSSR count). The summed E-state index contributed by atoms with van der Waals surface area (Å²) in [6.45, 7) is 40.7. The molecule has 1 aliphatic heterocycles. The van der Waals surface area contributed by atoms with E-state index in [1.54, 1.807) is 13.8 Å². The summed E-state index contributed by atoms with van der Waals surface area (Å²) in [5.74, 6) is 0. The molecular formula is C85H235N13O14. The molecule has 112 heavy (non-hydrogen) atoms. The zero-order valence-electron chi connectivity index (χ0n) is 59.2. The molecule has 724 valence electrons. The van der Waals surface area contributed by atoms with Gasteiger partial charge in [-0.2, -0.15) is 10.1 Å². The van der Waals surface area contributed by atoms with Crippen molar-refractivity contribution in [3.05, 3.63) is 62.2 Å². The van der Waals surface area contributed by atoms with Crippen molar-refractivity contribution in [1.82, 2.24) is 64.0 Å². The molecule has 0 amide bonds. The van der Waals surface area contributed by atoms with E-state index in [2.05, 4.69) is 86.7 Å². The molecule has 0 aromatic heterocycles. The van der Waals surface area contributed by atoms with Crippen LogP contribution in [0.1, 0.15) is 197 Å². The minimum atomic E-state index is -0.294. The predicted octanol–water partition coefficient (Wildman–Crippen LogP) is 12.3. The molecule has 0 aliphatic carbocycles. The van der Waals surface area contributed by atoms with Crippen LogP contribution >= 0.6 is 0 Å². The van der Waals surface area contributed by atoms with E-state index in [4.69, 9.17) is 71.3 Å². The standard InChI is InChI=1S/C12H28N2O3.C11H27N3O2.C10H15NO.C8H18N2O2.C5H13NO2.C5H13NO.C4H11NO.C3H10N2O2.2C2H4.23CH4/c1-11(15)9-13(3)5-7-17-8-6-14(4)10-12(2)16;1-12(4-6-13(2)8-10-15)5-7-14(3)9-11-16;1-11(7-8-12)9-10-5-3-2-4-6-10;11-7-5-9-1-2-10(4-3-9)6-8-12;1-6(2-4-7)3-5-8;1-3-6(2)4-5-7;1-5(2)3-4-6;1-4(6)3-5(2)7;2*1-2;;;;;;;;;;;;;;;;;;;;;;;/h11-12,15-16H,5-10H2,1-4H3;15-16H,4-11H2,1-3H3;2-6,12H,7-9H2,1H3;11-12H,1-8H2;7-8H,2-5H2,1H3;7H,3-5H2,1-2H3;6H,3-4H2,1-2H3;6-7H,3H2,1-2H3;2*1-2H2;23*1H4. The maximum Gasteiger partial charge on any atom is 0.0988 e. The third-order valence-corrected chi connectivity index (χ3v) is 12.1. The first-order valence-electron chi connectivity index (χ1n) is 31.1. The monoisotopic (exact) mass is 1660 g/mol. The molecule has 0 saturated carbocycles. The number of hydroxylamine groups is 4. The number of rotatable bonds is 39. The van der Waals surface area contributed by atoms with Crippen molar-refractivity contribution in [1.29, 1.82) is 0 Å². The van der Waals surface area contributed by atoms with Gasteiger partial charge >= 0.3 is 0 Å². The molecule has 27 heteroatoms. The molecule has 0 spiro atoms. The molecule has 1 heterocycles. The normalized spacial score (nSPS) is 10.2. The maximum atomic E-state index is 9.17. The van der Waals surface area contributed by atoms with Crippen LogP contribution in [0.25, 0.3) is 0 Å². The number of ether oxygens (including phenoxy) is 1. The average Bonchev–Trinajstić information content (AvgIpc) is 0.927. The van der Waals surface area contributed by atoms with Gasteiger partial charge in [0.1, 0.15) is 0 Å². The molecule has 1 aromatic carbocycles. The molecule has 1 saturated heterocycles. The topological polar surface area (TPSA) is 314 Å². The third-order valence-electron chi connectivity index (χ3n) is 12.1. The maximum absolute atomic E-state index is 9.17. The summed E-state index contributed by atoms with van der Waals surface area (Å²) in [6, 6.07) is 10.3. The molecule has 27 nitrogen and oxygen atoms in total. The lowest BCUT2D eigenvalue weighted by molar-refractivity contribution is -0.179. The minimum absolute atomic E-state index is 0. The smallest absolute Gasteiger partial charge is 0.0988 e. The van der Waals surface area contributed by atoms with Crippen LogP contribution in [0.2, 0.25) is 0 Å². The van der Waals surface area contributed by atoms with Crippen LogP contribution < -0.4 is 0 Å². The van der Waals surface area contributed by atoms with Crippen LogP contribution in [0.3, 0.4) is 0 Å². The number of aliphatic hydroxyl groups is 11. The molecule has 2 unspecified atom stereocenters. The number of β-amino-alcohol motifs (C(OH)–C–C–N with tert-alkyl or cyclic N) is 2. The van der Waals surface area contributed by atoms with Crippen LogP contribution in [0.4, 0.5) is 0 Å². The van der Waals surface area contributed by atoms with Gasteiger partial charge in [-0.25, -0.2) is 0 Å². The highest BCUT2D eigenvalue weighted by molar-refractivity contribution is 5.14. The molecule has 0 bridgehead atoms. The van der Waals surface area contributed by atoms with Gasteiger partial charge in [0, 0.05) is 158 Å². The summed E-state index contributed by atoms with van der Waals surface area (Å²) in [4.78, 5) is 23.0. The van der Waals surface area contributed by atoms with Gasteiger partial charge in [-0.05, 0) is 96.4 Å². The van der Waals surface area contributed by atoms with E-state index < -0.39 is 0 Å². The van der Waals surface area contributed by atoms with Gasteiger partial charge in [0.15, 0.2) is 0 Å². The first kappa shape index (κ1) is 209. The summed E-state index contributed by atoms with van der Waals surface area (Å²) in [5.41, 5.74) is 1.29. The summed E-state index contributed by atoms with van der Waals surface area (Å²) >= 11 is 0. The van der Waals surface area contributed by atoms with Gasteiger partial charge in [0.2, 0.25) is 0 Å². The van der Waals surface area contributed by atoms with E-state index >= 15 is 0 Å². The fraction of sp³-hybridized carbons (Fsp3) is 0.882. The second-order valence-corrected chi connectivity index (χ2v) is 21.6. The summed E-state index contributed by atoms with van der Waals surface area (Å²) in [6.07, 6.45) is -0.589. The molecular weight excluding hydrogens is 1430 g/mol. The number of hydrogen-bond acceptors (Lipinski definition) is 27. The van der Waals surface area contributed by atoms with Crippen molar-refractivity contribution in [2.75, 3.05) is 308 Å². The molecule has 1 fully saturated rings. The van der Waals surface area contributed by atoms with Crippen molar-refractivity contribution < 1.29 is 71.3 Å². The van der Waals surface area contributed by atoms with Crippen LogP contribution in [0, 0.1) is 0 Å². The number of hydrogen-bond donors (Lipinski definition) is 13. The molecule has 1 aliphatic rings. The van der Waals surface area contributed by atoms with E-state index in [-0.39, 0.29) is 249 Å². The Morgan fingerprint density at radius 1 is 0.330 bits per heavy atom. The highest BCUT2D eigenvalue weighted by atomic mass is 16.5. The quantitative estimate of drug-likeness (QED) is 0.0126. The Morgan fingerprint density at radius 2 is 0.562 bits per heavy atom. The van der Waals surface area contributed by atoms with Gasteiger partial charge in [-0.3, -0.25) is 14.7 Å². The van der Waals surface area contributed by atoms with Gasteiger partial charge in [-0.1, -0.05) is 208 Å². The predicted molar refractivity (Wildman–Crippen MR) is 522 cm³/mol. The second kappa shape index (κ2) is 168. The SMILES string of the molecule is C.C.C.C.C.C.C.C.C.C.C.C.C.C.C.C.C.C.C.C.C.C.C.C=C.C=C.CC(O)CN(C)CCOCCN(C)CC(C)O.CCN(C)CCO.CN(C)CCO.CN(CCO)CCN(C)CCN(C)CCO.CN(CCO)CCO.CN(CCO)Cc1ccccc1.CN(O)CN(C)O.OCCN1CCN(CCO)CC1. The van der Waals surface area contributed by atoms with E-state index in [9.17, 15) is 0 Å². The van der Waals surface area contributed by atoms with E-state index in [1.807, 2.05) is 101 Å². The molecule has 13 N–H and O–H groups in total. The third kappa shape index (κ3) is 198. The Bertz CT molecular complexity index is 1360. The zero-order valence-corrected chi connectivity index (χ0v) is 59.2. The number of benzene rings is 1. The fourth-order valence-electron chi connectivity index (χ4n) is 6.93. The lowest BCUT2D eigenvalue weighted by atomic mass is 10.2. The van der Waals surface area contributed by atoms with E-state index in [0.29, 0.717) is 39.4 Å². The highest BCUT2D eigenvalue weighted by Crippen LogP contribution is 2.02. The van der Waals surface area contributed by atoms with Crippen molar-refractivity contribution in [3.63, 3.8) is 0 Å². The van der Waals surface area contributed by atoms with E-state index in [1.165, 1.54) is 19.7 Å². The number of nitrogens with zero attached hydrogens (tertiary/aromatic N) is 13. The Labute approximate surface area is 712 Å². The van der Waals surface area contributed by atoms with Gasteiger partial charge in [-0.15, -0.1) is 26.3 Å². The van der Waals surface area contributed by atoms with Gasteiger partial charge in [0.05, 0.1) is 91.6 Å². The van der Waals surface area contributed by atoms with Crippen LogP contribution in [0.5, 0.6) is 0 Å². The summed E-state index contributed by atoms with van der Waals surface area (Å²) in [5, 5.41) is 114. The first-order valence-corrected chi connectivity index (χ1v) is 31.1. The van der Waals surface area contributed by atoms with Crippen molar-refractivity contribution >= 4 is 0 Å². The minimum Gasteiger partial charge on any atom is -0.395 e. The number of piperazine rings is 1. The summed E-state index contributed by atoms with van der Waals surface area (Å²) in [7, 11) is 22.7. The van der Waals surface area contributed by atoms with Gasteiger partial charge < -0.3 is 111 Å². The zero-order chi connectivity index (χ0) is 70.2. The van der Waals surface area contributed by atoms with Crippen molar-refractivity contribution in [2.24, 2.45) is 0 Å². The number of aliphatic hydroxyl groups excluding tert-OH is 11. The first-order chi connectivity index (χ1) is 42.2. The molecule has 1 aromatic rings. The Hall–Kier alpha value is -2.38. The Morgan fingerprint density at radius 3 is 0.750 bits per heavy atom. The largest absolute Gasteiger partial charge is 0.395 e. The highest BCUT2D eigenvalue weighted by Gasteiger charge is 2.15.